The van der Waals surface area contributed by atoms with Crippen LogP contribution >= 0.6 is 0 Å². The predicted molar refractivity (Wildman–Crippen MR) is 325 cm³/mol. The second-order valence-electron chi connectivity index (χ2n) is 26.7. The van der Waals surface area contributed by atoms with Gasteiger partial charge in [-0.15, -0.1) is 0 Å². The smallest absolute Gasteiger partial charge is 0.311 e. The molecule has 0 aliphatic rings. The van der Waals surface area contributed by atoms with E-state index in [0.717, 1.165) is 5.56 Å². The summed E-state index contributed by atoms with van der Waals surface area (Å²) >= 11 is 0. The number of hydrogen-bond donors (Lipinski definition) is 7. The lowest BCUT2D eigenvalue weighted by atomic mass is 9.57. The summed E-state index contributed by atoms with van der Waals surface area (Å²) in [5, 5.41) is 74.9. The third-order valence-corrected chi connectivity index (χ3v) is 16.9. The number of rotatable bonds is 44. The Bertz CT molecular complexity index is 2280. The molecule has 0 bridgehead atoms. The monoisotopic (exact) mass is 1240 g/mol. The highest BCUT2D eigenvalue weighted by Crippen LogP contribution is 2.55. The Morgan fingerprint density at radius 3 is 0.747 bits per heavy atom. The van der Waals surface area contributed by atoms with Crippen molar-refractivity contribution < 1.29 is 102 Å². The van der Waals surface area contributed by atoms with Crippen LogP contribution in [0.2, 0.25) is 0 Å². The van der Waals surface area contributed by atoms with Gasteiger partial charge in [0.15, 0.2) is 0 Å². The summed E-state index contributed by atoms with van der Waals surface area (Å²) in [6.07, 6.45) is -9.22. The van der Waals surface area contributed by atoms with Crippen molar-refractivity contribution in [3.05, 3.63) is 35.9 Å². The number of aliphatic hydroxyl groups is 7. The van der Waals surface area contributed by atoms with Crippen LogP contribution in [0.5, 0.6) is 0 Å². The van der Waals surface area contributed by atoms with E-state index in [4.69, 9.17) is 33.2 Å². The minimum absolute atomic E-state index is 0.0731. The third-order valence-electron chi connectivity index (χ3n) is 16.9. The van der Waals surface area contributed by atoms with Crippen molar-refractivity contribution in [1.82, 2.24) is 0 Å². The molecular formula is C66H112O21. The molecule has 0 radical (unpaired) electrons. The molecule has 0 saturated heterocycles. The second kappa shape index (κ2) is 36.8. The van der Waals surface area contributed by atoms with E-state index in [9.17, 15) is 50.1 Å². The van der Waals surface area contributed by atoms with E-state index < -0.39 is 194 Å². The Hall–Kier alpha value is -4.77. The maximum absolute atomic E-state index is 15.4. The molecule has 1 aromatic carbocycles. The van der Waals surface area contributed by atoms with Gasteiger partial charge in [-0.05, 0) is 163 Å². The van der Waals surface area contributed by atoms with E-state index in [1.165, 1.54) is 48.5 Å². The minimum Gasteiger partial charge on any atom is -0.463 e. The van der Waals surface area contributed by atoms with Gasteiger partial charge in [0.1, 0.15) is 46.2 Å². The van der Waals surface area contributed by atoms with Crippen LogP contribution in [0.1, 0.15) is 219 Å². The quantitative estimate of drug-likeness (QED) is 0.0239. The first-order valence-corrected chi connectivity index (χ1v) is 31.4. The standard InChI is InChI=1S/C66H112O21/c1-17-44(45-28-26-25-27-29-45)30-61(11,54(75)82-32-47(68)19-3)39-63(13,56(77)84-34-49(70)21-5)41-65(15,58(79)86-36-51(72)23-7)43-66(16,59(80)87-37-52(73)24-8)42-64(14,57(78)85-35-50(71)22-6)40-62(12,55(76)83-33-48(69)20-4)38-60(9,10)53(74)81-31-46(67)18-2/h25-29,44,46-52,67-73H,17-24,30-43H2,1-16H3. The average molecular weight is 1240 g/mol. The highest BCUT2D eigenvalue weighted by Gasteiger charge is 2.59. The van der Waals surface area contributed by atoms with Crippen molar-refractivity contribution in [3.8, 4) is 0 Å². The van der Waals surface area contributed by atoms with Crippen molar-refractivity contribution in [2.75, 3.05) is 46.2 Å². The first-order valence-electron chi connectivity index (χ1n) is 31.4. The van der Waals surface area contributed by atoms with Gasteiger partial charge in [-0.3, -0.25) is 33.6 Å². The Labute approximate surface area is 518 Å². The van der Waals surface area contributed by atoms with E-state index >= 15 is 19.2 Å². The first-order chi connectivity index (χ1) is 40.4. The van der Waals surface area contributed by atoms with Crippen LogP contribution in [-0.2, 0) is 66.7 Å². The summed E-state index contributed by atoms with van der Waals surface area (Å²) in [5.74, 6) is -7.02. The van der Waals surface area contributed by atoms with Crippen LogP contribution in [0.25, 0.3) is 0 Å². The van der Waals surface area contributed by atoms with E-state index in [-0.39, 0.29) is 70.5 Å². The molecular weight excluding hydrogens is 1130 g/mol. The number of carbonyl (C=O) groups excluding carboxylic acids is 7. The lowest BCUT2D eigenvalue weighted by Gasteiger charge is -2.46. The molecule has 0 fully saturated rings. The number of benzene rings is 1. The molecule has 7 N–H and O–H groups in total. The van der Waals surface area contributed by atoms with E-state index in [0.29, 0.717) is 6.42 Å². The molecule has 1 rings (SSSR count). The molecule has 87 heavy (non-hydrogen) atoms. The van der Waals surface area contributed by atoms with Crippen LogP contribution in [-0.4, -0.2) is 167 Å². The third kappa shape index (κ3) is 25.6. The Balaban J connectivity index is 4.75. The molecule has 21 nitrogen and oxygen atoms in total. The Morgan fingerprint density at radius 2 is 0.517 bits per heavy atom. The van der Waals surface area contributed by atoms with Crippen molar-refractivity contribution in [2.24, 2.45) is 37.9 Å². The molecule has 0 aliphatic heterocycles. The molecule has 0 amide bonds. The second-order valence-corrected chi connectivity index (χ2v) is 26.7. The van der Waals surface area contributed by atoms with Gasteiger partial charge in [0.25, 0.3) is 0 Å². The molecule has 0 spiro atoms. The normalized spacial score (nSPS) is 18.9. The van der Waals surface area contributed by atoms with Crippen molar-refractivity contribution >= 4 is 41.8 Å². The molecule has 1 aromatic rings. The fourth-order valence-corrected chi connectivity index (χ4v) is 11.7. The van der Waals surface area contributed by atoms with Gasteiger partial charge in [-0.1, -0.05) is 85.7 Å². The lowest BCUT2D eigenvalue weighted by molar-refractivity contribution is -0.179. The molecule has 502 valence electrons. The number of esters is 7. The van der Waals surface area contributed by atoms with E-state index in [1.807, 2.05) is 37.3 Å². The van der Waals surface area contributed by atoms with Crippen LogP contribution in [0, 0.1) is 37.9 Å². The molecule has 21 heteroatoms. The number of hydrogen-bond acceptors (Lipinski definition) is 21. The molecule has 14 unspecified atom stereocenters. The summed E-state index contributed by atoms with van der Waals surface area (Å²) < 4.78 is 40.7. The van der Waals surface area contributed by atoms with Crippen molar-refractivity contribution in [1.29, 1.82) is 0 Å². The highest BCUT2D eigenvalue weighted by molar-refractivity contribution is 5.86. The summed E-state index contributed by atoms with van der Waals surface area (Å²) in [6.45, 7) is 22.0. The maximum atomic E-state index is 15.4. The van der Waals surface area contributed by atoms with Crippen LogP contribution < -0.4 is 0 Å². The van der Waals surface area contributed by atoms with Crippen LogP contribution in [0.15, 0.2) is 30.3 Å². The van der Waals surface area contributed by atoms with Gasteiger partial charge < -0.3 is 68.9 Å². The molecule has 0 saturated carbocycles. The summed E-state index contributed by atoms with van der Waals surface area (Å²) in [5.41, 5.74) is -12.5. The van der Waals surface area contributed by atoms with E-state index in [2.05, 4.69) is 0 Å². The van der Waals surface area contributed by atoms with Crippen LogP contribution in [0.3, 0.4) is 0 Å². The van der Waals surface area contributed by atoms with E-state index in [1.54, 1.807) is 55.4 Å². The molecule has 0 heterocycles. The predicted octanol–water partition coefficient (Wildman–Crippen LogP) is 8.17. The zero-order valence-corrected chi connectivity index (χ0v) is 55.4. The van der Waals surface area contributed by atoms with Crippen molar-refractivity contribution in [2.45, 2.75) is 256 Å². The van der Waals surface area contributed by atoms with Gasteiger partial charge >= 0.3 is 41.8 Å². The van der Waals surface area contributed by atoms with Gasteiger partial charge in [0, 0.05) is 0 Å². The van der Waals surface area contributed by atoms with Crippen molar-refractivity contribution in [3.63, 3.8) is 0 Å². The molecule has 0 aromatic heterocycles. The van der Waals surface area contributed by atoms with Gasteiger partial charge in [-0.2, -0.15) is 0 Å². The minimum atomic E-state index is -2.14. The summed E-state index contributed by atoms with van der Waals surface area (Å²) in [7, 11) is 0. The zero-order valence-electron chi connectivity index (χ0n) is 55.4. The SMILES string of the molecule is CCC(O)COC(=O)C(C)(C)CC(C)(CC(C)(CC(C)(CC(C)(CC(C)(CC(C)(CC(CC)c1ccccc1)C(=O)OCC(O)CC)C(=O)OCC(O)CC)C(=O)OCC(O)CC)C(=O)OCC(O)CC)C(=O)OCC(O)CC)C(=O)OCC(O)CC. The number of carbonyl (C=O) groups is 7. The topological polar surface area (TPSA) is 326 Å². The molecule has 0 aliphatic carbocycles. The maximum Gasteiger partial charge on any atom is 0.311 e. The molecule has 14 atom stereocenters. The Morgan fingerprint density at radius 1 is 0.310 bits per heavy atom. The largest absolute Gasteiger partial charge is 0.463 e. The fraction of sp³-hybridized carbons (Fsp3) is 0.803. The highest BCUT2D eigenvalue weighted by atomic mass is 16.6. The van der Waals surface area contributed by atoms with Gasteiger partial charge in [-0.25, -0.2) is 0 Å². The van der Waals surface area contributed by atoms with Gasteiger partial charge in [0.2, 0.25) is 0 Å². The fourth-order valence-electron chi connectivity index (χ4n) is 11.7. The lowest BCUT2D eigenvalue weighted by Crippen LogP contribution is -2.51. The Kier molecular flexibility index (Phi) is 33.9. The zero-order chi connectivity index (χ0) is 66.8. The van der Waals surface area contributed by atoms with Gasteiger partial charge in [0.05, 0.1) is 80.6 Å². The number of ether oxygens (including phenoxy) is 7. The summed E-state index contributed by atoms with van der Waals surface area (Å²) in [4.78, 5) is 105. The number of aliphatic hydroxyl groups excluding tert-OH is 7. The van der Waals surface area contributed by atoms with Crippen LogP contribution in [0.4, 0.5) is 0 Å². The summed E-state index contributed by atoms with van der Waals surface area (Å²) in [6, 6.07) is 9.37. The first kappa shape index (κ1) is 80.2. The average Bonchev–Trinajstić information content (AvgIpc) is 0.839.